The van der Waals surface area contributed by atoms with Crippen LogP contribution in [0.25, 0.3) is 99.3 Å². The monoisotopic (exact) mass is 674 g/mol. The van der Waals surface area contributed by atoms with Crippen LogP contribution in [0, 0.1) is 0 Å². The lowest BCUT2D eigenvalue weighted by atomic mass is 9.94. The Morgan fingerprint density at radius 3 is 1.79 bits per heavy atom. The zero-order valence-electron chi connectivity index (χ0n) is 29.0. The lowest BCUT2D eigenvalue weighted by Gasteiger charge is -2.12. The third kappa shape index (κ3) is 4.57. The average molecular weight is 675 g/mol. The van der Waals surface area contributed by atoms with Gasteiger partial charge in [-0.05, 0) is 76.5 Å². The summed E-state index contributed by atoms with van der Waals surface area (Å²) < 4.78 is 4.63. The topological polar surface area (TPSA) is 35.6 Å². The highest BCUT2D eigenvalue weighted by Gasteiger charge is 2.20. The maximum Gasteiger partial charge on any atom is 0.235 e. The summed E-state index contributed by atoms with van der Waals surface area (Å²) in [6.07, 6.45) is 0. The Hall–Kier alpha value is -6.98. The largest absolute Gasteiger partial charge is 0.309 e. The smallest absolute Gasteiger partial charge is 0.235 e. The molecule has 0 spiro atoms. The molecule has 0 saturated heterocycles. The van der Waals surface area contributed by atoms with E-state index in [1.807, 2.05) is 6.07 Å². The van der Waals surface area contributed by atoms with E-state index < -0.39 is 0 Å². The molecule has 246 valence electrons. The van der Waals surface area contributed by atoms with Crippen molar-refractivity contribution in [2.24, 2.45) is 0 Å². The SMILES string of the molecule is Bc1ccc2c(c1)c1cc(-c3ccc4c(c3)c3c5ccccc5ccc3n4-c3nc(-c4ccccc4)c4ccccc4n3)ccc1n2-c1ccccc1. The number of rotatable bonds is 4. The van der Waals surface area contributed by atoms with E-state index in [4.69, 9.17) is 9.97 Å². The van der Waals surface area contributed by atoms with Crippen LogP contribution in [0.1, 0.15) is 0 Å². The number of para-hydroxylation sites is 2. The molecule has 0 fully saturated rings. The van der Waals surface area contributed by atoms with E-state index in [2.05, 4.69) is 187 Å². The molecular formula is C48H31BN4. The van der Waals surface area contributed by atoms with Crippen molar-refractivity contribution < 1.29 is 0 Å². The number of benzene rings is 8. The van der Waals surface area contributed by atoms with Crippen molar-refractivity contribution in [2.75, 3.05) is 0 Å². The van der Waals surface area contributed by atoms with Crippen molar-refractivity contribution in [1.82, 2.24) is 19.1 Å². The summed E-state index contributed by atoms with van der Waals surface area (Å²) >= 11 is 0. The number of nitrogens with zero attached hydrogens (tertiary/aromatic N) is 4. The normalized spacial score (nSPS) is 11.8. The minimum atomic E-state index is 0.663. The van der Waals surface area contributed by atoms with Crippen LogP contribution < -0.4 is 5.46 Å². The summed E-state index contributed by atoms with van der Waals surface area (Å²) in [4.78, 5) is 10.5. The second-order valence-corrected chi connectivity index (χ2v) is 13.9. The second-order valence-electron chi connectivity index (χ2n) is 13.9. The van der Waals surface area contributed by atoms with Crippen molar-refractivity contribution in [1.29, 1.82) is 0 Å². The Labute approximate surface area is 306 Å². The number of fused-ring (bicyclic) bond motifs is 9. The Kier molecular flexibility index (Phi) is 6.46. The highest BCUT2D eigenvalue weighted by molar-refractivity contribution is 6.34. The van der Waals surface area contributed by atoms with E-state index in [0.717, 1.165) is 38.9 Å². The molecule has 0 radical (unpaired) electrons. The molecule has 11 rings (SSSR count). The molecule has 0 saturated carbocycles. The van der Waals surface area contributed by atoms with Crippen LogP contribution in [0.3, 0.4) is 0 Å². The number of hydrogen-bond donors (Lipinski definition) is 0. The first-order valence-corrected chi connectivity index (χ1v) is 18.1. The quantitative estimate of drug-likeness (QED) is 0.174. The van der Waals surface area contributed by atoms with Crippen LogP contribution in [0.4, 0.5) is 0 Å². The average Bonchev–Trinajstić information content (AvgIpc) is 3.73. The predicted molar refractivity (Wildman–Crippen MR) is 225 cm³/mol. The Morgan fingerprint density at radius 1 is 0.396 bits per heavy atom. The van der Waals surface area contributed by atoms with Gasteiger partial charge in [-0.2, -0.15) is 0 Å². The van der Waals surface area contributed by atoms with Gasteiger partial charge in [0.2, 0.25) is 5.95 Å². The molecule has 0 unspecified atom stereocenters. The zero-order valence-corrected chi connectivity index (χ0v) is 29.0. The molecule has 53 heavy (non-hydrogen) atoms. The first-order chi connectivity index (χ1) is 26.2. The predicted octanol–water partition coefficient (Wildman–Crippen LogP) is 10.6. The summed E-state index contributed by atoms with van der Waals surface area (Å²) in [5.41, 5.74) is 12.3. The van der Waals surface area contributed by atoms with E-state index in [-0.39, 0.29) is 0 Å². The van der Waals surface area contributed by atoms with Gasteiger partial charge in [0.05, 0.1) is 33.3 Å². The van der Waals surface area contributed by atoms with E-state index in [1.54, 1.807) is 0 Å². The zero-order chi connectivity index (χ0) is 35.0. The molecule has 0 atom stereocenters. The minimum absolute atomic E-state index is 0.663. The molecular weight excluding hydrogens is 643 g/mol. The fourth-order valence-corrected chi connectivity index (χ4v) is 8.34. The van der Waals surface area contributed by atoms with Crippen LogP contribution >= 0.6 is 0 Å². The molecule has 3 aromatic heterocycles. The Bertz CT molecular complexity index is 3230. The maximum absolute atomic E-state index is 5.32. The summed E-state index contributed by atoms with van der Waals surface area (Å²) in [5.74, 6) is 0.663. The van der Waals surface area contributed by atoms with Crippen molar-refractivity contribution in [3.05, 3.63) is 176 Å². The molecule has 0 N–H and O–H groups in total. The fraction of sp³-hybridized carbons (Fsp3) is 0. The molecule has 4 nitrogen and oxygen atoms in total. The van der Waals surface area contributed by atoms with Crippen LogP contribution in [0.2, 0.25) is 0 Å². The Morgan fingerprint density at radius 2 is 1.00 bits per heavy atom. The first kappa shape index (κ1) is 29.7. The third-order valence-electron chi connectivity index (χ3n) is 10.8. The summed E-state index contributed by atoms with van der Waals surface area (Å²) in [6.45, 7) is 0. The summed E-state index contributed by atoms with van der Waals surface area (Å²) in [7, 11) is 2.17. The van der Waals surface area contributed by atoms with Gasteiger partial charge >= 0.3 is 0 Å². The molecule has 3 heterocycles. The highest BCUT2D eigenvalue weighted by atomic mass is 15.2. The van der Waals surface area contributed by atoms with Crippen LogP contribution in [-0.2, 0) is 0 Å². The van der Waals surface area contributed by atoms with Gasteiger partial charge in [-0.15, -0.1) is 0 Å². The number of aromatic nitrogens is 4. The van der Waals surface area contributed by atoms with Crippen molar-refractivity contribution in [2.45, 2.75) is 0 Å². The molecule has 5 heteroatoms. The van der Waals surface area contributed by atoms with E-state index in [1.165, 1.54) is 59.9 Å². The molecule has 8 aromatic carbocycles. The van der Waals surface area contributed by atoms with Crippen molar-refractivity contribution in [3.8, 4) is 34.0 Å². The van der Waals surface area contributed by atoms with Crippen LogP contribution in [0.5, 0.6) is 0 Å². The highest BCUT2D eigenvalue weighted by Crippen LogP contribution is 2.40. The molecule has 0 aliphatic rings. The molecule has 0 aliphatic heterocycles. The van der Waals surface area contributed by atoms with Crippen molar-refractivity contribution in [3.63, 3.8) is 0 Å². The number of hydrogen-bond acceptors (Lipinski definition) is 2. The maximum atomic E-state index is 5.32. The van der Waals surface area contributed by atoms with E-state index >= 15 is 0 Å². The first-order valence-electron chi connectivity index (χ1n) is 18.1. The van der Waals surface area contributed by atoms with Gasteiger partial charge in [-0.1, -0.05) is 127 Å². The van der Waals surface area contributed by atoms with Gasteiger partial charge in [-0.3, -0.25) is 4.57 Å². The fourth-order valence-electron chi connectivity index (χ4n) is 8.34. The van der Waals surface area contributed by atoms with Crippen molar-refractivity contribution >= 4 is 78.6 Å². The minimum Gasteiger partial charge on any atom is -0.309 e. The van der Waals surface area contributed by atoms with Gasteiger partial charge in [0, 0.05) is 38.2 Å². The van der Waals surface area contributed by atoms with Crippen LogP contribution in [-0.4, -0.2) is 26.9 Å². The van der Waals surface area contributed by atoms with E-state index in [9.17, 15) is 0 Å². The van der Waals surface area contributed by atoms with E-state index in [0.29, 0.717) is 5.95 Å². The standard InChI is InChI=1S/C48H31BN4/c49-34-22-26-43-39(29-34)38-27-32(20-23-42(38)52(43)35-14-5-2-6-15-35)33-21-24-44-40(28-33)46-36-16-8-7-11-30(36)19-25-45(46)53(44)48-50-41-18-10-9-17-37(41)47(51-48)31-12-3-1-4-13-31/h1-29H,49H2. The van der Waals surface area contributed by atoms with Gasteiger partial charge in [0.25, 0.3) is 0 Å². The third-order valence-corrected chi connectivity index (χ3v) is 10.8. The van der Waals surface area contributed by atoms with Gasteiger partial charge in [0.15, 0.2) is 0 Å². The van der Waals surface area contributed by atoms with Crippen LogP contribution in [0.15, 0.2) is 176 Å². The molecule has 0 bridgehead atoms. The lowest BCUT2D eigenvalue weighted by Crippen LogP contribution is -2.03. The second kappa shape index (κ2) is 11.5. The summed E-state index contributed by atoms with van der Waals surface area (Å²) in [5, 5.41) is 8.35. The molecule has 0 aliphatic carbocycles. The lowest BCUT2D eigenvalue weighted by molar-refractivity contribution is 1.01. The summed E-state index contributed by atoms with van der Waals surface area (Å²) in [6, 6.07) is 63.1. The van der Waals surface area contributed by atoms with Gasteiger partial charge < -0.3 is 4.57 Å². The van der Waals surface area contributed by atoms with Gasteiger partial charge in [-0.25, -0.2) is 9.97 Å². The van der Waals surface area contributed by atoms with Gasteiger partial charge in [0.1, 0.15) is 7.85 Å². The Balaban J connectivity index is 1.18. The molecule has 11 aromatic rings. The molecule has 0 amide bonds.